The summed E-state index contributed by atoms with van der Waals surface area (Å²) in [6, 6.07) is 9.48. The molecule has 12 heavy (non-hydrogen) atoms. The van der Waals surface area contributed by atoms with E-state index in [1.54, 1.807) is 0 Å². The van der Waals surface area contributed by atoms with Crippen LogP contribution >= 0.6 is 23.2 Å². The summed E-state index contributed by atoms with van der Waals surface area (Å²) in [7, 11) is 0. The van der Waals surface area contributed by atoms with E-state index in [1.165, 1.54) is 0 Å². The van der Waals surface area contributed by atoms with Crippen molar-refractivity contribution in [3.8, 4) is 0 Å². The maximum atomic E-state index is 8.75. The van der Waals surface area contributed by atoms with Crippen molar-refractivity contribution in [1.82, 2.24) is 0 Å². The van der Waals surface area contributed by atoms with E-state index in [1.807, 2.05) is 30.3 Å². The number of hydrogen-bond donors (Lipinski definition) is 1. The van der Waals surface area contributed by atoms with Gasteiger partial charge in [-0.15, -0.1) is 23.2 Å². The number of hydrogen-bond acceptors (Lipinski definition) is 1. The van der Waals surface area contributed by atoms with E-state index in [-0.39, 0.29) is 12.0 Å². The van der Waals surface area contributed by atoms with Gasteiger partial charge < -0.3 is 5.11 Å². The summed E-state index contributed by atoms with van der Waals surface area (Å²) in [5.74, 6) is 0. The van der Waals surface area contributed by atoms with Crippen LogP contribution < -0.4 is 0 Å². The lowest BCUT2D eigenvalue weighted by atomic mass is 10.1. The smallest absolute Gasteiger partial charge is 0.0771 e. The normalized spacial score (nSPS) is 15.6. The highest BCUT2D eigenvalue weighted by Gasteiger charge is 2.16. The lowest BCUT2D eigenvalue weighted by Crippen LogP contribution is -2.11. The van der Waals surface area contributed by atoms with E-state index >= 15 is 0 Å². The molecule has 0 heterocycles. The van der Waals surface area contributed by atoms with Gasteiger partial charge in [0.2, 0.25) is 0 Å². The first-order valence-corrected chi connectivity index (χ1v) is 4.57. The molecule has 0 fully saturated rings. The Bertz CT molecular complexity index is 225. The van der Waals surface area contributed by atoms with Crippen molar-refractivity contribution in [2.24, 2.45) is 0 Å². The third-order valence-corrected chi connectivity index (χ3v) is 2.69. The molecule has 0 saturated heterocycles. The summed E-state index contributed by atoms with van der Waals surface area (Å²) in [5.41, 5.74) is 0.938. The largest absolute Gasteiger partial charge is 0.395 e. The van der Waals surface area contributed by atoms with Crippen LogP contribution in [0.4, 0.5) is 0 Å². The van der Waals surface area contributed by atoms with Crippen molar-refractivity contribution in [3.05, 3.63) is 35.9 Å². The van der Waals surface area contributed by atoms with Crippen molar-refractivity contribution in [3.63, 3.8) is 0 Å². The van der Waals surface area contributed by atoms with Gasteiger partial charge in [0.25, 0.3) is 0 Å². The Morgan fingerprint density at radius 3 is 2.25 bits per heavy atom. The quantitative estimate of drug-likeness (QED) is 0.752. The molecule has 0 saturated carbocycles. The van der Waals surface area contributed by atoms with Crippen molar-refractivity contribution >= 4 is 23.2 Å². The summed E-state index contributed by atoms with van der Waals surface area (Å²) in [4.78, 5) is 0. The Balaban J connectivity index is 2.71. The van der Waals surface area contributed by atoms with Gasteiger partial charge in [0.1, 0.15) is 0 Å². The molecule has 0 aliphatic carbocycles. The molecule has 1 N–H and O–H groups in total. The van der Waals surface area contributed by atoms with E-state index < -0.39 is 5.38 Å². The first kappa shape index (κ1) is 9.85. The van der Waals surface area contributed by atoms with E-state index in [0.717, 1.165) is 5.56 Å². The van der Waals surface area contributed by atoms with Crippen LogP contribution in [0.25, 0.3) is 0 Å². The third kappa shape index (κ3) is 2.37. The Morgan fingerprint density at radius 1 is 1.17 bits per heavy atom. The van der Waals surface area contributed by atoms with Gasteiger partial charge in [-0.25, -0.2) is 0 Å². The molecule has 1 nitrogen and oxygen atoms in total. The van der Waals surface area contributed by atoms with Gasteiger partial charge in [-0.1, -0.05) is 30.3 Å². The van der Waals surface area contributed by atoms with Crippen LogP contribution in [0.1, 0.15) is 10.9 Å². The summed E-state index contributed by atoms with van der Waals surface area (Å²) >= 11 is 11.7. The van der Waals surface area contributed by atoms with E-state index in [0.29, 0.717) is 0 Å². The number of rotatable bonds is 3. The third-order valence-electron chi connectivity index (χ3n) is 1.61. The second kappa shape index (κ2) is 4.70. The molecule has 0 amide bonds. The van der Waals surface area contributed by atoms with Crippen LogP contribution in [-0.2, 0) is 0 Å². The number of alkyl halides is 2. The summed E-state index contributed by atoms with van der Waals surface area (Å²) in [5, 5.41) is 8.01. The Hall–Kier alpha value is -0.240. The fourth-order valence-electron chi connectivity index (χ4n) is 0.938. The van der Waals surface area contributed by atoms with Crippen molar-refractivity contribution < 1.29 is 5.11 Å². The average Bonchev–Trinajstić information content (AvgIpc) is 2.17. The summed E-state index contributed by atoms with van der Waals surface area (Å²) < 4.78 is 0. The van der Waals surface area contributed by atoms with E-state index in [9.17, 15) is 0 Å². The van der Waals surface area contributed by atoms with Gasteiger partial charge in [0, 0.05) is 0 Å². The van der Waals surface area contributed by atoms with Crippen LogP contribution in [0.15, 0.2) is 30.3 Å². The molecule has 1 rings (SSSR count). The van der Waals surface area contributed by atoms with Crippen molar-refractivity contribution in [1.29, 1.82) is 0 Å². The van der Waals surface area contributed by atoms with Crippen LogP contribution in [0.2, 0.25) is 0 Å². The molecule has 1 aromatic rings. The second-order valence-electron chi connectivity index (χ2n) is 2.51. The zero-order chi connectivity index (χ0) is 8.97. The second-order valence-corrected chi connectivity index (χ2v) is 3.54. The molecular weight excluding hydrogens is 195 g/mol. The summed E-state index contributed by atoms with van der Waals surface area (Å²) in [6.45, 7) is -0.107. The predicted octanol–water partition coefficient (Wildman–Crippen LogP) is 2.57. The molecule has 2 atom stereocenters. The molecule has 66 valence electrons. The first-order chi connectivity index (χ1) is 5.75. The van der Waals surface area contributed by atoms with Crippen LogP contribution in [0, 0.1) is 0 Å². The zero-order valence-electron chi connectivity index (χ0n) is 6.45. The minimum atomic E-state index is -0.422. The Labute approximate surface area is 81.9 Å². The van der Waals surface area contributed by atoms with E-state index in [4.69, 9.17) is 28.3 Å². The minimum Gasteiger partial charge on any atom is -0.395 e. The molecule has 0 bridgehead atoms. The predicted molar refractivity (Wildman–Crippen MR) is 51.8 cm³/mol. The monoisotopic (exact) mass is 204 g/mol. The lowest BCUT2D eigenvalue weighted by Gasteiger charge is -2.13. The Kier molecular flexibility index (Phi) is 3.86. The molecule has 0 unspecified atom stereocenters. The highest BCUT2D eigenvalue weighted by Crippen LogP contribution is 2.27. The molecule has 0 spiro atoms. The Morgan fingerprint density at radius 2 is 1.75 bits per heavy atom. The highest BCUT2D eigenvalue weighted by molar-refractivity contribution is 6.30. The zero-order valence-corrected chi connectivity index (χ0v) is 7.96. The standard InChI is InChI=1S/C9H10Cl2O/c10-8(6-12)9(11)7-4-2-1-3-5-7/h1-5,8-9,12H,6H2/t8-,9-/m1/s1. The molecule has 3 heteroatoms. The average molecular weight is 205 g/mol. The molecular formula is C9H10Cl2O. The molecule has 0 aromatic heterocycles. The van der Waals surface area contributed by atoms with Crippen LogP contribution in [0.5, 0.6) is 0 Å². The highest BCUT2D eigenvalue weighted by atomic mass is 35.5. The maximum Gasteiger partial charge on any atom is 0.0771 e. The fraction of sp³-hybridized carbons (Fsp3) is 0.333. The van der Waals surface area contributed by atoms with Gasteiger partial charge >= 0.3 is 0 Å². The number of aliphatic hydroxyl groups is 1. The molecule has 1 aromatic carbocycles. The maximum absolute atomic E-state index is 8.75. The van der Waals surface area contributed by atoms with Gasteiger partial charge in [-0.05, 0) is 5.56 Å². The fourth-order valence-corrected chi connectivity index (χ4v) is 1.31. The number of benzene rings is 1. The van der Waals surface area contributed by atoms with Crippen molar-refractivity contribution in [2.75, 3.05) is 6.61 Å². The van der Waals surface area contributed by atoms with E-state index in [2.05, 4.69) is 0 Å². The molecule has 0 aliphatic rings. The van der Waals surface area contributed by atoms with Crippen LogP contribution in [-0.4, -0.2) is 17.1 Å². The number of halogens is 2. The number of aliphatic hydroxyl groups excluding tert-OH is 1. The summed E-state index contributed by atoms with van der Waals surface area (Å²) in [6.07, 6.45) is 0. The first-order valence-electron chi connectivity index (χ1n) is 3.69. The topological polar surface area (TPSA) is 20.2 Å². The van der Waals surface area contributed by atoms with Gasteiger partial charge in [0.05, 0.1) is 17.4 Å². The van der Waals surface area contributed by atoms with Crippen molar-refractivity contribution in [2.45, 2.75) is 10.8 Å². The SMILES string of the molecule is OC[C@@H](Cl)[C@H](Cl)c1ccccc1. The molecule has 0 aliphatic heterocycles. The lowest BCUT2D eigenvalue weighted by molar-refractivity contribution is 0.290. The molecule has 0 radical (unpaired) electrons. The van der Waals surface area contributed by atoms with Crippen LogP contribution in [0.3, 0.4) is 0 Å². The van der Waals surface area contributed by atoms with Gasteiger partial charge in [-0.2, -0.15) is 0 Å². The van der Waals surface area contributed by atoms with Gasteiger partial charge in [-0.3, -0.25) is 0 Å². The van der Waals surface area contributed by atoms with Gasteiger partial charge in [0.15, 0.2) is 0 Å². The minimum absolute atomic E-state index is 0.107.